The van der Waals surface area contributed by atoms with Crippen LogP contribution in [0.1, 0.15) is 79.6 Å². The summed E-state index contributed by atoms with van der Waals surface area (Å²) in [5, 5.41) is 42.1. The van der Waals surface area contributed by atoms with Crippen LogP contribution in [0.4, 0.5) is 0 Å². The van der Waals surface area contributed by atoms with Crippen LogP contribution in [0.5, 0.6) is 0 Å². The summed E-state index contributed by atoms with van der Waals surface area (Å²) < 4.78 is 0. The van der Waals surface area contributed by atoms with Crippen molar-refractivity contribution >= 4 is 80.8 Å². The second kappa shape index (κ2) is 27.0. The van der Waals surface area contributed by atoms with E-state index in [0.717, 1.165) is 12.7 Å². The van der Waals surface area contributed by atoms with Crippen molar-refractivity contribution in [3.8, 4) is 0 Å². The molecule has 0 aliphatic rings. The van der Waals surface area contributed by atoms with Crippen LogP contribution >= 0.6 is 21.6 Å². The third-order valence-electron chi connectivity index (χ3n) is 7.57. The predicted octanol–water partition coefficient (Wildman–Crippen LogP) is -1.96. The van der Waals surface area contributed by atoms with Gasteiger partial charge in [0.1, 0.15) is 36.3 Å². The van der Waals surface area contributed by atoms with E-state index < -0.39 is 127 Å². The molecule has 0 rings (SSSR count). The summed E-state index contributed by atoms with van der Waals surface area (Å²) in [5.74, 6) is -10.8. The first kappa shape index (κ1) is 51.4. The molecule has 6 atom stereocenters. The van der Waals surface area contributed by atoms with Crippen molar-refractivity contribution in [2.75, 3.05) is 18.1 Å². The number of unbranched alkanes of at least 4 members (excludes halogenated alkanes) is 1. The van der Waals surface area contributed by atoms with E-state index in [4.69, 9.17) is 11.5 Å². The first-order valence-corrected chi connectivity index (χ1v) is 20.3. The number of aliphatic carboxylic acids is 3. The molecule has 7 amide bonds. The molecule has 13 N–H and O–H groups in total. The summed E-state index contributed by atoms with van der Waals surface area (Å²) >= 11 is 0. The number of rotatable bonds is 29. The van der Waals surface area contributed by atoms with Gasteiger partial charge in [-0.15, -0.1) is 0 Å². The van der Waals surface area contributed by atoms with Crippen molar-refractivity contribution in [1.82, 2.24) is 31.9 Å². The van der Waals surface area contributed by atoms with Gasteiger partial charge in [-0.1, -0.05) is 49.3 Å². The molecule has 318 valence electrons. The monoisotopic (exact) mass is 836 g/mol. The second-order valence-electron chi connectivity index (χ2n) is 13.5. The Morgan fingerprint density at radius 1 is 0.554 bits per heavy atom. The summed E-state index contributed by atoms with van der Waals surface area (Å²) in [6, 6.07) is -9.15. The Kier molecular flexibility index (Phi) is 24.8. The number of carbonyl (C=O) groups excluding carboxylic acids is 7. The number of hydrogen-bond acceptors (Lipinski definition) is 13. The quantitative estimate of drug-likeness (QED) is 0.0288. The number of carboxylic acids is 3. The molecule has 0 aromatic rings. The zero-order valence-corrected chi connectivity index (χ0v) is 33.7. The van der Waals surface area contributed by atoms with Crippen molar-refractivity contribution in [2.45, 2.75) is 116 Å². The number of carboxylic acid groups (broad SMARTS) is 3. The van der Waals surface area contributed by atoms with Crippen LogP contribution in [-0.4, -0.2) is 129 Å². The fourth-order valence-electron chi connectivity index (χ4n) is 4.68. The molecule has 0 heterocycles. The number of primary amides is 1. The average Bonchev–Trinajstić information content (AvgIpc) is 3.07. The number of hydrogen-bond donors (Lipinski definition) is 11. The average molecular weight is 837 g/mol. The Morgan fingerprint density at radius 2 is 1.02 bits per heavy atom. The van der Waals surface area contributed by atoms with Gasteiger partial charge in [0.2, 0.25) is 41.4 Å². The van der Waals surface area contributed by atoms with E-state index in [0.29, 0.717) is 25.3 Å². The molecule has 0 fully saturated rings. The number of amides is 7. The molecule has 0 bridgehead atoms. The Balaban J connectivity index is 6.23. The third-order valence-corrected chi connectivity index (χ3v) is 10.3. The van der Waals surface area contributed by atoms with Crippen LogP contribution in [-0.2, 0) is 47.9 Å². The minimum atomic E-state index is -1.80. The zero-order chi connectivity index (χ0) is 43.1. The predicted molar refractivity (Wildman–Crippen MR) is 205 cm³/mol. The highest BCUT2D eigenvalue weighted by Crippen LogP contribution is 2.24. The van der Waals surface area contributed by atoms with Crippen molar-refractivity contribution < 1.29 is 63.3 Å². The molecule has 0 aromatic carbocycles. The number of nitrogens with one attached hydrogen (secondary N) is 6. The Hall–Kier alpha value is -4.64. The normalized spacial score (nSPS) is 14.2. The van der Waals surface area contributed by atoms with Crippen LogP contribution in [0.15, 0.2) is 0 Å². The maximum absolute atomic E-state index is 13.6. The first-order valence-electron chi connectivity index (χ1n) is 17.8. The minimum Gasteiger partial charge on any atom is -0.481 e. The second-order valence-corrected chi connectivity index (χ2v) is 16.1. The van der Waals surface area contributed by atoms with Gasteiger partial charge in [-0.3, -0.25) is 47.9 Å². The van der Waals surface area contributed by atoms with Gasteiger partial charge in [0.05, 0.1) is 12.8 Å². The van der Waals surface area contributed by atoms with Gasteiger partial charge in [-0.2, -0.15) is 0 Å². The first-order chi connectivity index (χ1) is 26.1. The molecule has 0 spiro atoms. The molecule has 0 saturated carbocycles. The Bertz CT molecular complexity index is 1400. The van der Waals surface area contributed by atoms with Crippen LogP contribution in [0.25, 0.3) is 0 Å². The Morgan fingerprint density at radius 3 is 1.46 bits per heavy atom. The summed E-state index contributed by atoms with van der Waals surface area (Å²) in [6.45, 7) is 8.39. The summed E-state index contributed by atoms with van der Waals surface area (Å²) in [6.07, 6.45) is -2.16. The number of carbonyl (C=O) groups is 10. The molecule has 0 unspecified atom stereocenters. The molecular weight excluding hydrogens is 781 g/mol. The lowest BCUT2D eigenvalue weighted by Crippen LogP contribution is -2.61. The van der Waals surface area contributed by atoms with Gasteiger partial charge in [0.25, 0.3) is 0 Å². The van der Waals surface area contributed by atoms with E-state index in [9.17, 15) is 63.3 Å². The fourth-order valence-corrected chi connectivity index (χ4v) is 7.32. The number of nitrogens with two attached hydrogens (primary N) is 2. The smallest absolute Gasteiger partial charge is 0.305 e. The highest BCUT2D eigenvalue weighted by Gasteiger charge is 2.35. The topological polar surface area (TPSA) is 356 Å². The van der Waals surface area contributed by atoms with Crippen LogP contribution < -0.4 is 43.4 Å². The van der Waals surface area contributed by atoms with Gasteiger partial charge in [-0.05, 0) is 44.1 Å². The Labute approximate surface area is 332 Å². The van der Waals surface area contributed by atoms with E-state index in [1.165, 1.54) is 35.4 Å². The van der Waals surface area contributed by atoms with Crippen molar-refractivity contribution in [3.05, 3.63) is 0 Å². The molecule has 56 heavy (non-hydrogen) atoms. The van der Waals surface area contributed by atoms with Crippen molar-refractivity contribution in [1.29, 1.82) is 0 Å². The molecule has 0 aliphatic carbocycles. The molecular formula is C33H56N8O13S2. The molecule has 21 nitrogen and oxygen atoms in total. The molecule has 0 aliphatic heterocycles. The van der Waals surface area contributed by atoms with E-state index >= 15 is 0 Å². The lowest BCUT2D eigenvalue weighted by Gasteiger charge is -2.28. The van der Waals surface area contributed by atoms with E-state index in [2.05, 4.69) is 31.9 Å². The third kappa shape index (κ3) is 22.0. The molecule has 23 heteroatoms. The fraction of sp³-hybridized carbons (Fsp3) is 0.697. The van der Waals surface area contributed by atoms with Gasteiger partial charge < -0.3 is 58.7 Å². The van der Waals surface area contributed by atoms with Crippen molar-refractivity contribution in [3.63, 3.8) is 0 Å². The highest BCUT2D eigenvalue weighted by molar-refractivity contribution is 8.76. The maximum Gasteiger partial charge on any atom is 0.305 e. The van der Waals surface area contributed by atoms with E-state index in [1.807, 2.05) is 13.8 Å². The van der Waals surface area contributed by atoms with Gasteiger partial charge >= 0.3 is 17.9 Å². The summed E-state index contributed by atoms with van der Waals surface area (Å²) in [7, 11) is 2.70. The summed E-state index contributed by atoms with van der Waals surface area (Å²) in [4.78, 5) is 125. The minimum absolute atomic E-state index is 0.0575. The lowest BCUT2D eigenvalue weighted by molar-refractivity contribution is -0.142. The van der Waals surface area contributed by atoms with E-state index in [-0.39, 0.29) is 12.2 Å². The molecule has 0 radical (unpaired) electrons. The molecule has 0 aromatic heterocycles. The van der Waals surface area contributed by atoms with Crippen LogP contribution in [0, 0.1) is 11.8 Å². The van der Waals surface area contributed by atoms with Gasteiger partial charge in [-0.25, -0.2) is 0 Å². The lowest BCUT2D eigenvalue weighted by atomic mass is 10.0. The van der Waals surface area contributed by atoms with Crippen molar-refractivity contribution in [2.24, 2.45) is 23.3 Å². The largest absolute Gasteiger partial charge is 0.481 e. The van der Waals surface area contributed by atoms with Gasteiger partial charge in [0.15, 0.2) is 0 Å². The van der Waals surface area contributed by atoms with Crippen LogP contribution in [0.3, 0.4) is 0 Å². The molecule has 0 saturated heterocycles. The maximum atomic E-state index is 13.6. The zero-order valence-electron chi connectivity index (χ0n) is 32.1. The summed E-state index contributed by atoms with van der Waals surface area (Å²) in [5.41, 5.74) is 10.8. The standard InChI is InChI=1S/C33H56N8O13S2/c1-16(2)14-55-56-15-23(36-18(5)42)32(53)39-21(12-25(45)46)31(52)38-20(9-10-24(43)44)29(50)41-27(17(3)4)33(54)40-22(13-26(47)48)30(51)37-19(28(35)49)8-6-7-11-34/h16-17,19-23,27H,6-15,34H2,1-5H3,(H2,35,49)(H,36,42)(H,37,51)(H,38,52)(H,39,53)(H,40,54)(H,41,50)(H,43,44)(H,45,46)(H,47,48)/t19-,20-,21-,22-,23-,27-/m0/s1. The SMILES string of the molecule is CC(=O)N[C@@H](CSSCC(C)C)C(=O)N[C@@H](CC(=O)O)C(=O)N[C@@H](CCC(=O)O)C(=O)N[C@H](C(=O)N[C@@H](CC(=O)O)C(=O)N[C@@H](CCCCN)C(N)=O)C(C)C. The van der Waals surface area contributed by atoms with Gasteiger partial charge in [0, 0.05) is 24.9 Å². The highest BCUT2D eigenvalue weighted by atomic mass is 33.1. The van der Waals surface area contributed by atoms with E-state index in [1.54, 1.807) is 0 Å². The van der Waals surface area contributed by atoms with Crippen LogP contribution in [0.2, 0.25) is 0 Å².